The Morgan fingerprint density at radius 1 is 1.18 bits per heavy atom. The van der Waals surface area contributed by atoms with Crippen molar-refractivity contribution < 1.29 is 4.79 Å². The van der Waals surface area contributed by atoms with Gasteiger partial charge in [0.1, 0.15) is 0 Å². The standard InChI is InChI=1S/C22H35N5O/c1-24-22(26-20-10-3-2-4-11-20)25-14-17-7-5-8-18(13-17)15-27-12-6-9-19(16-27)21(23)28/h5,7-8,13,19-20H,2-4,6,9-12,14-16H2,1H3,(H2,23,28)(H2,24,25,26). The summed E-state index contributed by atoms with van der Waals surface area (Å²) in [6.45, 7) is 3.43. The molecule has 0 spiro atoms. The minimum absolute atomic E-state index is 0.00668. The molecular formula is C22H35N5O. The van der Waals surface area contributed by atoms with Gasteiger partial charge in [0.05, 0.1) is 5.92 Å². The molecule has 3 rings (SSSR count). The van der Waals surface area contributed by atoms with Crippen LogP contribution >= 0.6 is 0 Å². The molecule has 1 saturated heterocycles. The molecule has 1 aliphatic heterocycles. The number of amides is 1. The van der Waals surface area contributed by atoms with Gasteiger partial charge in [-0.3, -0.25) is 14.7 Å². The lowest BCUT2D eigenvalue weighted by Crippen LogP contribution is -2.43. The smallest absolute Gasteiger partial charge is 0.221 e. The predicted molar refractivity (Wildman–Crippen MR) is 114 cm³/mol. The quantitative estimate of drug-likeness (QED) is 0.519. The Balaban J connectivity index is 1.50. The van der Waals surface area contributed by atoms with Crippen LogP contribution in [0.15, 0.2) is 29.3 Å². The summed E-state index contributed by atoms with van der Waals surface area (Å²) in [5, 5.41) is 7.01. The number of primary amides is 1. The number of nitrogens with zero attached hydrogens (tertiary/aromatic N) is 2. The van der Waals surface area contributed by atoms with Crippen molar-refractivity contribution >= 4 is 11.9 Å². The van der Waals surface area contributed by atoms with E-state index >= 15 is 0 Å². The summed E-state index contributed by atoms with van der Waals surface area (Å²) in [6, 6.07) is 9.20. The monoisotopic (exact) mass is 385 g/mol. The molecular weight excluding hydrogens is 350 g/mol. The number of likely N-dealkylation sites (tertiary alicyclic amines) is 1. The number of guanidine groups is 1. The highest BCUT2D eigenvalue weighted by molar-refractivity contribution is 5.80. The van der Waals surface area contributed by atoms with Crippen LogP contribution in [0.2, 0.25) is 0 Å². The second-order valence-electron chi connectivity index (χ2n) is 8.20. The Morgan fingerprint density at radius 2 is 1.96 bits per heavy atom. The molecule has 154 valence electrons. The van der Waals surface area contributed by atoms with E-state index in [0.29, 0.717) is 6.04 Å². The van der Waals surface area contributed by atoms with Crippen molar-refractivity contribution in [1.29, 1.82) is 0 Å². The van der Waals surface area contributed by atoms with E-state index in [1.54, 1.807) is 0 Å². The highest BCUT2D eigenvalue weighted by atomic mass is 16.1. The summed E-state index contributed by atoms with van der Waals surface area (Å²) < 4.78 is 0. The van der Waals surface area contributed by atoms with Crippen molar-refractivity contribution in [2.75, 3.05) is 20.1 Å². The minimum atomic E-state index is -0.167. The molecule has 1 heterocycles. The van der Waals surface area contributed by atoms with Crippen molar-refractivity contribution in [2.24, 2.45) is 16.6 Å². The molecule has 4 N–H and O–H groups in total. The van der Waals surface area contributed by atoms with Crippen LogP contribution in [-0.2, 0) is 17.9 Å². The van der Waals surface area contributed by atoms with Crippen LogP contribution in [0.1, 0.15) is 56.1 Å². The molecule has 1 saturated carbocycles. The Bertz CT molecular complexity index is 669. The second-order valence-corrected chi connectivity index (χ2v) is 8.20. The fourth-order valence-electron chi connectivity index (χ4n) is 4.35. The van der Waals surface area contributed by atoms with Crippen LogP contribution in [-0.4, -0.2) is 42.9 Å². The van der Waals surface area contributed by atoms with Crippen LogP contribution in [0.25, 0.3) is 0 Å². The lowest BCUT2D eigenvalue weighted by molar-refractivity contribution is -0.123. The van der Waals surface area contributed by atoms with E-state index in [2.05, 4.69) is 44.8 Å². The number of carbonyl (C=O) groups is 1. The van der Waals surface area contributed by atoms with Gasteiger partial charge in [-0.05, 0) is 43.4 Å². The predicted octanol–water partition coefficient (Wildman–Crippen LogP) is 2.38. The number of hydrogen-bond donors (Lipinski definition) is 3. The first-order chi connectivity index (χ1) is 13.6. The number of aliphatic imine (C=N–C) groups is 1. The van der Waals surface area contributed by atoms with Crippen LogP contribution in [0.3, 0.4) is 0 Å². The van der Waals surface area contributed by atoms with Crippen molar-refractivity contribution in [3.63, 3.8) is 0 Å². The molecule has 0 aromatic heterocycles. The molecule has 1 aliphatic carbocycles. The SMILES string of the molecule is CN=C(NCc1cccc(CN2CCCC(C(N)=O)C2)c1)NC1CCCCC1. The first-order valence-corrected chi connectivity index (χ1v) is 10.7. The molecule has 0 bridgehead atoms. The van der Waals surface area contributed by atoms with Crippen molar-refractivity contribution in [3.05, 3.63) is 35.4 Å². The van der Waals surface area contributed by atoms with E-state index in [1.165, 1.54) is 43.2 Å². The number of benzene rings is 1. The number of hydrogen-bond acceptors (Lipinski definition) is 3. The second kappa shape index (κ2) is 10.5. The van der Waals surface area contributed by atoms with E-state index in [-0.39, 0.29) is 11.8 Å². The Morgan fingerprint density at radius 3 is 2.71 bits per heavy atom. The van der Waals surface area contributed by atoms with Crippen LogP contribution in [0, 0.1) is 5.92 Å². The minimum Gasteiger partial charge on any atom is -0.369 e. The zero-order valence-corrected chi connectivity index (χ0v) is 17.1. The van der Waals surface area contributed by atoms with Crippen molar-refractivity contribution in [2.45, 2.75) is 64.1 Å². The summed E-state index contributed by atoms with van der Waals surface area (Å²) in [6.07, 6.45) is 8.40. The van der Waals surface area contributed by atoms with Gasteiger partial charge in [-0.2, -0.15) is 0 Å². The first-order valence-electron chi connectivity index (χ1n) is 10.7. The third-order valence-corrected chi connectivity index (χ3v) is 5.94. The molecule has 28 heavy (non-hydrogen) atoms. The number of rotatable bonds is 6. The molecule has 1 amide bonds. The highest BCUT2D eigenvalue weighted by Crippen LogP contribution is 2.19. The average molecular weight is 386 g/mol. The Labute approximate surface area is 169 Å². The van der Waals surface area contributed by atoms with E-state index in [0.717, 1.165) is 45.0 Å². The lowest BCUT2D eigenvalue weighted by atomic mass is 9.96. The summed E-state index contributed by atoms with van der Waals surface area (Å²) in [4.78, 5) is 18.2. The zero-order chi connectivity index (χ0) is 19.8. The van der Waals surface area contributed by atoms with Gasteiger partial charge >= 0.3 is 0 Å². The van der Waals surface area contributed by atoms with Gasteiger partial charge in [-0.15, -0.1) is 0 Å². The number of nitrogens with two attached hydrogens (primary N) is 1. The van der Waals surface area contributed by atoms with Crippen molar-refractivity contribution in [3.8, 4) is 0 Å². The Kier molecular flexibility index (Phi) is 7.71. The molecule has 2 aliphatic rings. The van der Waals surface area contributed by atoms with Crippen molar-refractivity contribution in [1.82, 2.24) is 15.5 Å². The number of carbonyl (C=O) groups excluding carboxylic acids is 1. The normalized spacial score (nSPS) is 22.0. The van der Waals surface area contributed by atoms with E-state index in [9.17, 15) is 4.79 Å². The highest BCUT2D eigenvalue weighted by Gasteiger charge is 2.23. The third kappa shape index (κ3) is 6.23. The zero-order valence-electron chi connectivity index (χ0n) is 17.1. The lowest BCUT2D eigenvalue weighted by Gasteiger charge is -2.31. The van der Waals surface area contributed by atoms with Gasteiger partial charge in [-0.1, -0.05) is 43.5 Å². The number of piperidine rings is 1. The molecule has 2 fully saturated rings. The van der Waals surface area contributed by atoms with Gasteiger partial charge in [0.15, 0.2) is 5.96 Å². The average Bonchev–Trinajstić information content (AvgIpc) is 2.72. The summed E-state index contributed by atoms with van der Waals surface area (Å²) in [5.41, 5.74) is 8.02. The van der Waals surface area contributed by atoms with Gasteiger partial charge in [0.25, 0.3) is 0 Å². The summed E-state index contributed by atoms with van der Waals surface area (Å²) >= 11 is 0. The third-order valence-electron chi connectivity index (χ3n) is 5.94. The van der Waals surface area contributed by atoms with Crippen LogP contribution in [0.4, 0.5) is 0 Å². The van der Waals surface area contributed by atoms with Crippen LogP contribution < -0.4 is 16.4 Å². The van der Waals surface area contributed by atoms with Gasteiger partial charge < -0.3 is 16.4 Å². The van der Waals surface area contributed by atoms with Gasteiger partial charge in [-0.25, -0.2) is 0 Å². The Hall–Kier alpha value is -2.08. The molecule has 1 unspecified atom stereocenters. The molecule has 1 atom stereocenters. The fraction of sp³-hybridized carbons (Fsp3) is 0.636. The van der Waals surface area contributed by atoms with E-state index < -0.39 is 0 Å². The topological polar surface area (TPSA) is 82.8 Å². The van der Waals surface area contributed by atoms with E-state index in [4.69, 9.17) is 5.73 Å². The summed E-state index contributed by atoms with van der Waals surface area (Å²) in [7, 11) is 1.83. The maximum atomic E-state index is 11.5. The number of nitrogens with one attached hydrogen (secondary N) is 2. The van der Waals surface area contributed by atoms with Gasteiger partial charge in [0, 0.05) is 32.7 Å². The summed E-state index contributed by atoms with van der Waals surface area (Å²) in [5.74, 6) is 0.713. The fourth-order valence-corrected chi connectivity index (χ4v) is 4.35. The largest absolute Gasteiger partial charge is 0.369 e. The molecule has 1 aromatic carbocycles. The molecule has 6 nitrogen and oxygen atoms in total. The van der Waals surface area contributed by atoms with Gasteiger partial charge in [0.2, 0.25) is 5.91 Å². The van der Waals surface area contributed by atoms with Crippen LogP contribution in [0.5, 0.6) is 0 Å². The first kappa shape index (κ1) is 20.6. The van der Waals surface area contributed by atoms with E-state index in [1.807, 2.05) is 7.05 Å². The molecule has 6 heteroatoms. The molecule has 1 aromatic rings. The molecule has 0 radical (unpaired) electrons. The maximum Gasteiger partial charge on any atom is 0.221 e. The maximum absolute atomic E-state index is 11.5.